The molecule has 0 bridgehead atoms. The largest absolute Gasteiger partial charge is 0.497 e. The van der Waals surface area contributed by atoms with Gasteiger partial charge in [-0.25, -0.2) is 4.39 Å². The van der Waals surface area contributed by atoms with Crippen molar-refractivity contribution >= 4 is 5.97 Å². The summed E-state index contributed by atoms with van der Waals surface area (Å²) in [6.45, 7) is 8.74. The number of halogens is 1. The molecule has 0 saturated heterocycles. The number of carbonyl (C=O) groups is 1. The Bertz CT molecular complexity index is 1320. The zero-order chi connectivity index (χ0) is 28.4. The van der Waals surface area contributed by atoms with E-state index in [1.165, 1.54) is 6.07 Å². The Hall–Kier alpha value is -3.38. The minimum atomic E-state index is -0.786. The van der Waals surface area contributed by atoms with Gasteiger partial charge in [0, 0.05) is 12.7 Å². The van der Waals surface area contributed by atoms with Crippen LogP contribution in [-0.4, -0.2) is 25.3 Å². The molecule has 1 fully saturated rings. The normalized spacial score (nSPS) is 15.9. The van der Waals surface area contributed by atoms with Crippen LogP contribution in [0.15, 0.2) is 60.7 Å². The van der Waals surface area contributed by atoms with Crippen LogP contribution in [0.5, 0.6) is 11.5 Å². The van der Waals surface area contributed by atoms with E-state index in [0.29, 0.717) is 23.7 Å². The number of ether oxygens (including phenoxy) is 3. The second-order valence-corrected chi connectivity index (χ2v) is 11.9. The average molecular weight is 535 g/mol. The third-order valence-electron chi connectivity index (χ3n) is 7.81. The summed E-state index contributed by atoms with van der Waals surface area (Å²) in [5.74, 6) is 0.107. The smallest absolute Gasteiger partial charge is 0.303 e. The fraction of sp³-hybridized carbons (Fsp3) is 0.424. The summed E-state index contributed by atoms with van der Waals surface area (Å²) in [5, 5.41) is 9.49. The second kappa shape index (κ2) is 11.4. The van der Waals surface area contributed by atoms with Crippen molar-refractivity contribution in [3.8, 4) is 22.6 Å². The molecule has 0 amide bonds. The maximum Gasteiger partial charge on any atom is 0.303 e. The molecule has 0 aliphatic heterocycles. The Morgan fingerprint density at radius 3 is 2.36 bits per heavy atom. The van der Waals surface area contributed by atoms with Crippen molar-refractivity contribution in [2.75, 3.05) is 14.2 Å². The van der Waals surface area contributed by atoms with Crippen molar-refractivity contribution in [2.45, 2.75) is 65.6 Å². The number of carboxylic acids is 1. The number of methoxy groups -OCH3 is 2. The Morgan fingerprint density at radius 2 is 1.74 bits per heavy atom. The average Bonchev–Trinajstić information content (AvgIpc) is 3.64. The zero-order valence-electron chi connectivity index (χ0n) is 23.7. The van der Waals surface area contributed by atoms with Crippen LogP contribution in [0.2, 0.25) is 0 Å². The van der Waals surface area contributed by atoms with E-state index in [1.54, 1.807) is 26.4 Å². The summed E-state index contributed by atoms with van der Waals surface area (Å²) in [6, 6.07) is 18.4. The van der Waals surface area contributed by atoms with E-state index in [2.05, 4.69) is 27.7 Å². The van der Waals surface area contributed by atoms with Gasteiger partial charge in [-0.05, 0) is 88.2 Å². The predicted octanol–water partition coefficient (Wildman–Crippen LogP) is 8.17. The van der Waals surface area contributed by atoms with E-state index < -0.39 is 5.97 Å². The fourth-order valence-electron chi connectivity index (χ4n) is 5.42. The molecule has 208 valence electrons. The Labute approximate surface area is 230 Å². The van der Waals surface area contributed by atoms with Gasteiger partial charge in [0.25, 0.3) is 0 Å². The van der Waals surface area contributed by atoms with Crippen LogP contribution < -0.4 is 9.47 Å². The summed E-state index contributed by atoms with van der Waals surface area (Å²) in [6.07, 6.45) is 1.88. The molecular weight excluding hydrogens is 495 g/mol. The summed E-state index contributed by atoms with van der Waals surface area (Å²) >= 11 is 0. The minimum absolute atomic E-state index is 0.0270. The van der Waals surface area contributed by atoms with Crippen molar-refractivity contribution in [3.05, 3.63) is 83.2 Å². The van der Waals surface area contributed by atoms with Gasteiger partial charge >= 0.3 is 5.97 Å². The molecule has 0 unspecified atom stereocenters. The number of benzene rings is 3. The van der Waals surface area contributed by atoms with Gasteiger partial charge in [0.05, 0.1) is 19.6 Å². The molecule has 3 aromatic carbocycles. The fourth-order valence-corrected chi connectivity index (χ4v) is 5.42. The summed E-state index contributed by atoms with van der Waals surface area (Å²) in [7, 11) is 3.24. The molecule has 4 rings (SSSR count). The third-order valence-corrected chi connectivity index (χ3v) is 7.81. The molecule has 6 heteroatoms. The molecule has 5 nitrogen and oxygen atoms in total. The maximum atomic E-state index is 15.0. The molecule has 0 heterocycles. The van der Waals surface area contributed by atoms with Gasteiger partial charge in [0.2, 0.25) is 0 Å². The van der Waals surface area contributed by atoms with E-state index in [-0.39, 0.29) is 35.1 Å². The Kier molecular flexibility index (Phi) is 8.36. The zero-order valence-corrected chi connectivity index (χ0v) is 23.7. The lowest BCUT2D eigenvalue weighted by Gasteiger charge is -2.32. The van der Waals surface area contributed by atoms with Crippen LogP contribution in [0.4, 0.5) is 4.39 Å². The first-order valence-corrected chi connectivity index (χ1v) is 13.4. The first-order chi connectivity index (χ1) is 18.4. The third kappa shape index (κ3) is 6.62. The Morgan fingerprint density at radius 1 is 1.00 bits per heavy atom. The predicted molar refractivity (Wildman–Crippen MR) is 151 cm³/mol. The molecule has 1 saturated carbocycles. The van der Waals surface area contributed by atoms with Gasteiger partial charge in [0.15, 0.2) is 0 Å². The highest BCUT2D eigenvalue weighted by Crippen LogP contribution is 2.57. The Balaban J connectivity index is 1.65. The van der Waals surface area contributed by atoms with E-state index in [9.17, 15) is 9.90 Å². The summed E-state index contributed by atoms with van der Waals surface area (Å²) < 4.78 is 32.5. The second-order valence-electron chi connectivity index (χ2n) is 11.9. The van der Waals surface area contributed by atoms with Crippen LogP contribution >= 0.6 is 0 Å². The van der Waals surface area contributed by atoms with Gasteiger partial charge in [-0.2, -0.15) is 0 Å². The highest BCUT2D eigenvalue weighted by Gasteiger charge is 2.46. The SMILES string of the molecule is COc1ccc(F)c(-c2ccc(COc3cccc([C@@H](CC(=O)O)C4(C)CC4)c3)cc2[C@H](OC)C(C)(C)C)c1. The summed E-state index contributed by atoms with van der Waals surface area (Å²) in [5.41, 5.74) is 3.76. The minimum Gasteiger partial charge on any atom is -0.497 e. The van der Waals surface area contributed by atoms with E-state index in [1.807, 2.05) is 42.5 Å². The van der Waals surface area contributed by atoms with Crippen molar-refractivity contribution in [3.63, 3.8) is 0 Å². The molecule has 3 aromatic rings. The van der Waals surface area contributed by atoms with E-state index in [0.717, 1.165) is 35.1 Å². The molecule has 0 spiro atoms. The summed E-state index contributed by atoms with van der Waals surface area (Å²) in [4.78, 5) is 11.6. The van der Waals surface area contributed by atoms with Crippen LogP contribution in [0.3, 0.4) is 0 Å². The van der Waals surface area contributed by atoms with Crippen LogP contribution in [0.25, 0.3) is 11.1 Å². The van der Waals surface area contributed by atoms with E-state index >= 15 is 4.39 Å². The first kappa shape index (κ1) is 28.6. The number of aliphatic carboxylic acids is 1. The number of carboxylic acid groups (broad SMARTS) is 1. The monoisotopic (exact) mass is 534 g/mol. The number of hydrogen-bond acceptors (Lipinski definition) is 4. The van der Waals surface area contributed by atoms with Crippen molar-refractivity contribution in [2.24, 2.45) is 10.8 Å². The van der Waals surface area contributed by atoms with Gasteiger partial charge in [-0.3, -0.25) is 4.79 Å². The van der Waals surface area contributed by atoms with Crippen molar-refractivity contribution in [1.82, 2.24) is 0 Å². The van der Waals surface area contributed by atoms with Gasteiger partial charge in [0.1, 0.15) is 23.9 Å². The molecular formula is C33H39FO5. The van der Waals surface area contributed by atoms with E-state index in [4.69, 9.17) is 14.2 Å². The molecule has 39 heavy (non-hydrogen) atoms. The van der Waals surface area contributed by atoms with Crippen LogP contribution in [0, 0.1) is 16.6 Å². The van der Waals surface area contributed by atoms with Gasteiger partial charge < -0.3 is 19.3 Å². The molecule has 0 radical (unpaired) electrons. The standard InChI is InChI=1S/C33H39FO5/c1-32(2,3)31(38-6)27-16-21(10-12-25(27)26-18-23(37-5)11-13-29(26)34)20-39-24-9-7-8-22(17-24)28(19-30(35)36)33(4)14-15-33/h7-13,16-18,28,31H,14-15,19-20H2,1-6H3,(H,35,36)/t28-,31+/m1/s1. The first-order valence-electron chi connectivity index (χ1n) is 13.4. The van der Waals surface area contributed by atoms with Crippen LogP contribution in [-0.2, 0) is 16.1 Å². The molecule has 1 aliphatic rings. The van der Waals surface area contributed by atoms with Crippen molar-refractivity contribution in [1.29, 1.82) is 0 Å². The van der Waals surface area contributed by atoms with Crippen LogP contribution in [0.1, 0.15) is 75.7 Å². The lowest BCUT2D eigenvalue weighted by atomic mass is 9.81. The molecule has 1 aliphatic carbocycles. The number of hydrogen-bond donors (Lipinski definition) is 1. The molecule has 2 atom stereocenters. The lowest BCUT2D eigenvalue weighted by molar-refractivity contribution is -0.137. The van der Waals surface area contributed by atoms with Gasteiger partial charge in [-0.1, -0.05) is 52.0 Å². The lowest BCUT2D eigenvalue weighted by Crippen LogP contribution is -2.21. The topological polar surface area (TPSA) is 65.0 Å². The number of rotatable bonds is 11. The molecule has 1 N–H and O–H groups in total. The highest BCUT2D eigenvalue weighted by molar-refractivity contribution is 5.71. The van der Waals surface area contributed by atoms with Crippen molar-refractivity contribution < 1.29 is 28.5 Å². The molecule has 0 aromatic heterocycles. The maximum absolute atomic E-state index is 15.0. The van der Waals surface area contributed by atoms with Gasteiger partial charge in [-0.15, -0.1) is 0 Å². The quantitative estimate of drug-likeness (QED) is 0.269. The highest BCUT2D eigenvalue weighted by atomic mass is 19.1.